The van der Waals surface area contributed by atoms with E-state index in [1.165, 1.54) is 35.5 Å². The molecule has 3 rings (SSSR count). The molecule has 0 radical (unpaired) electrons. The van der Waals surface area contributed by atoms with Crippen LogP contribution in [-0.2, 0) is 20.9 Å². The normalized spacial score (nSPS) is 10.3. The predicted molar refractivity (Wildman–Crippen MR) is 102 cm³/mol. The number of nitrogens with one attached hydrogen (secondary N) is 1. The van der Waals surface area contributed by atoms with E-state index in [4.69, 9.17) is 9.15 Å². The third-order valence-corrected chi connectivity index (χ3v) is 4.45. The van der Waals surface area contributed by atoms with E-state index in [9.17, 15) is 14.4 Å². The number of esters is 1. The van der Waals surface area contributed by atoms with Crippen LogP contribution in [0.15, 0.2) is 58.5 Å². The smallest absolute Gasteiger partial charge is 0.325 e. The van der Waals surface area contributed by atoms with Gasteiger partial charge in [-0.2, -0.15) is 0 Å². The number of thiazole rings is 1. The van der Waals surface area contributed by atoms with Crippen molar-refractivity contribution in [1.29, 1.82) is 0 Å². The van der Waals surface area contributed by atoms with Crippen LogP contribution in [0.4, 0.5) is 10.8 Å². The van der Waals surface area contributed by atoms with Crippen molar-refractivity contribution in [1.82, 2.24) is 10.3 Å². The van der Waals surface area contributed by atoms with Crippen LogP contribution in [-0.4, -0.2) is 29.3 Å². The number of ether oxygens (including phenoxy) is 1. The van der Waals surface area contributed by atoms with Gasteiger partial charge in [0.1, 0.15) is 13.2 Å². The summed E-state index contributed by atoms with van der Waals surface area (Å²) in [5, 5.41) is 4.60. The van der Waals surface area contributed by atoms with Crippen molar-refractivity contribution in [3.63, 3.8) is 0 Å². The highest BCUT2D eigenvalue weighted by Crippen LogP contribution is 2.28. The predicted octanol–water partition coefficient (Wildman–Crippen LogP) is 2.89. The molecule has 0 saturated heterocycles. The summed E-state index contributed by atoms with van der Waals surface area (Å²) in [7, 11) is 0. The number of hydrogen-bond donors (Lipinski definition) is 1. The highest BCUT2D eigenvalue weighted by Gasteiger charge is 2.18. The molecule has 0 saturated carbocycles. The Labute approximate surface area is 164 Å². The zero-order valence-corrected chi connectivity index (χ0v) is 15.8. The molecule has 3 aromatic rings. The molecule has 1 aromatic carbocycles. The highest BCUT2D eigenvalue weighted by atomic mass is 32.1. The molecular weight excluding hydrogens is 382 g/mol. The Morgan fingerprint density at radius 2 is 1.96 bits per heavy atom. The number of nitrogens with zero attached hydrogens (tertiary/aromatic N) is 2. The van der Waals surface area contributed by atoms with E-state index in [1.54, 1.807) is 11.4 Å². The third kappa shape index (κ3) is 4.83. The van der Waals surface area contributed by atoms with Crippen molar-refractivity contribution >= 4 is 39.9 Å². The quantitative estimate of drug-likeness (QED) is 0.613. The lowest BCUT2D eigenvalue weighted by molar-refractivity contribution is -0.143. The van der Waals surface area contributed by atoms with Crippen LogP contribution < -0.4 is 10.2 Å². The molecule has 2 heterocycles. The number of amides is 2. The fraction of sp³-hybridized carbons (Fsp3) is 0.158. The van der Waals surface area contributed by atoms with Crippen LogP contribution in [0.25, 0.3) is 0 Å². The molecule has 0 fully saturated rings. The van der Waals surface area contributed by atoms with Gasteiger partial charge in [-0.15, -0.1) is 11.3 Å². The van der Waals surface area contributed by atoms with Crippen LogP contribution >= 0.6 is 11.3 Å². The molecule has 9 heteroatoms. The highest BCUT2D eigenvalue weighted by molar-refractivity contribution is 7.14. The Morgan fingerprint density at radius 3 is 2.64 bits per heavy atom. The van der Waals surface area contributed by atoms with Gasteiger partial charge in [-0.3, -0.25) is 19.3 Å². The third-order valence-electron chi connectivity index (χ3n) is 3.58. The summed E-state index contributed by atoms with van der Waals surface area (Å²) in [4.78, 5) is 41.4. The number of carbonyl (C=O) groups excluding carboxylic acids is 3. The maximum atomic E-state index is 12.0. The minimum atomic E-state index is -0.610. The second kappa shape index (κ2) is 8.96. The molecule has 1 N–H and O–H groups in total. The second-order valence-corrected chi connectivity index (χ2v) is 6.47. The van der Waals surface area contributed by atoms with Crippen LogP contribution in [0.1, 0.15) is 23.2 Å². The van der Waals surface area contributed by atoms with E-state index in [1.807, 2.05) is 30.3 Å². The van der Waals surface area contributed by atoms with Crippen molar-refractivity contribution in [2.24, 2.45) is 0 Å². The first-order valence-corrected chi connectivity index (χ1v) is 9.20. The van der Waals surface area contributed by atoms with E-state index < -0.39 is 11.9 Å². The van der Waals surface area contributed by atoms with Gasteiger partial charge >= 0.3 is 5.97 Å². The average molecular weight is 399 g/mol. The van der Waals surface area contributed by atoms with E-state index in [-0.39, 0.29) is 24.8 Å². The lowest BCUT2D eigenvalue weighted by atomic mass is 10.3. The van der Waals surface area contributed by atoms with Gasteiger partial charge in [0.25, 0.3) is 5.91 Å². The van der Waals surface area contributed by atoms with Crippen molar-refractivity contribution in [3.8, 4) is 0 Å². The summed E-state index contributed by atoms with van der Waals surface area (Å²) >= 11 is 1.27. The number of benzene rings is 1. The van der Waals surface area contributed by atoms with Gasteiger partial charge in [-0.25, -0.2) is 4.98 Å². The van der Waals surface area contributed by atoms with E-state index in [0.717, 1.165) is 0 Å². The van der Waals surface area contributed by atoms with Gasteiger partial charge in [-0.1, -0.05) is 18.2 Å². The monoisotopic (exact) mass is 399 g/mol. The standard InChI is InChI=1S/C19H17N3O5S/c1-13(23)22(15-6-3-2-4-7-15)19-21-14(12-28-19)11-27-17(24)10-20-18(25)16-8-5-9-26-16/h2-9,12H,10-11H2,1H3,(H,20,25). The lowest BCUT2D eigenvalue weighted by Crippen LogP contribution is -2.30. The summed E-state index contributed by atoms with van der Waals surface area (Å²) in [5.74, 6) is -1.18. The SMILES string of the molecule is CC(=O)N(c1ccccc1)c1nc(COC(=O)CNC(=O)c2ccco2)cs1. The van der Waals surface area contributed by atoms with Gasteiger partial charge in [0, 0.05) is 12.3 Å². The molecule has 0 unspecified atom stereocenters. The molecule has 28 heavy (non-hydrogen) atoms. The Bertz CT molecular complexity index is 953. The van der Waals surface area contributed by atoms with Crippen molar-refractivity contribution in [2.75, 3.05) is 11.4 Å². The molecule has 0 atom stereocenters. The first kappa shape index (κ1) is 19.3. The minimum Gasteiger partial charge on any atom is -0.459 e. The minimum absolute atomic E-state index is 0.0630. The van der Waals surface area contributed by atoms with Crippen molar-refractivity contribution < 1.29 is 23.5 Å². The van der Waals surface area contributed by atoms with E-state index in [2.05, 4.69) is 10.3 Å². The van der Waals surface area contributed by atoms with Gasteiger partial charge in [-0.05, 0) is 24.3 Å². The molecule has 0 aliphatic rings. The van der Waals surface area contributed by atoms with E-state index in [0.29, 0.717) is 16.5 Å². The van der Waals surface area contributed by atoms with E-state index >= 15 is 0 Å². The number of furan rings is 1. The summed E-state index contributed by atoms with van der Waals surface area (Å²) < 4.78 is 10.0. The Hall–Kier alpha value is -3.46. The fourth-order valence-electron chi connectivity index (χ4n) is 2.32. The first-order chi connectivity index (χ1) is 13.5. The number of aromatic nitrogens is 1. The number of hydrogen-bond acceptors (Lipinski definition) is 7. The number of rotatable bonds is 7. The van der Waals surface area contributed by atoms with Crippen LogP contribution in [0.3, 0.4) is 0 Å². The van der Waals surface area contributed by atoms with Crippen molar-refractivity contribution in [2.45, 2.75) is 13.5 Å². The summed E-state index contributed by atoms with van der Waals surface area (Å²) in [6, 6.07) is 12.2. The number of para-hydroxylation sites is 1. The second-order valence-electron chi connectivity index (χ2n) is 5.63. The van der Waals surface area contributed by atoms with Gasteiger partial charge < -0.3 is 14.5 Å². The van der Waals surface area contributed by atoms with Crippen LogP contribution in [0, 0.1) is 0 Å². The van der Waals surface area contributed by atoms with Crippen LogP contribution in [0.2, 0.25) is 0 Å². The maximum absolute atomic E-state index is 12.0. The van der Waals surface area contributed by atoms with Crippen molar-refractivity contribution in [3.05, 3.63) is 65.6 Å². The number of carbonyl (C=O) groups is 3. The molecule has 144 valence electrons. The largest absolute Gasteiger partial charge is 0.459 e. The molecule has 2 aromatic heterocycles. The Balaban J connectivity index is 1.54. The topological polar surface area (TPSA) is 102 Å². The fourth-order valence-corrected chi connectivity index (χ4v) is 3.19. The summed E-state index contributed by atoms with van der Waals surface area (Å²) in [5.41, 5.74) is 1.21. The van der Waals surface area contributed by atoms with Gasteiger partial charge in [0.05, 0.1) is 17.6 Å². The molecule has 0 spiro atoms. The van der Waals surface area contributed by atoms with Crippen LogP contribution in [0.5, 0.6) is 0 Å². The zero-order chi connectivity index (χ0) is 19.9. The number of anilines is 2. The molecule has 2 amide bonds. The van der Waals surface area contributed by atoms with Gasteiger partial charge in [0.15, 0.2) is 10.9 Å². The zero-order valence-electron chi connectivity index (χ0n) is 15.0. The molecule has 0 bridgehead atoms. The molecule has 8 nitrogen and oxygen atoms in total. The summed E-state index contributed by atoms with van der Waals surface area (Å²) in [6.07, 6.45) is 1.37. The molecule has 0 aliphatic heterocycles. The molecular formula is C19H17N3O5S. The summed E-state index contributed by atoms with van der Waals surface area (Å²) in [6.45, 7) is 1.10. The average Bonchev–Trinajstić information content (AvgIpc) is 3.37. The maximum Gasteiger partial charge on any atom is 0.325 e. The first-order valence-electron chi connectivity index (χ1n) is 8.32. The molecule has 0 aliphatic carbocycles. The lowest BCUT2D eigenvalue weighted by Gasteiger charge is -2.17. The van der Waals surface area contributed by atoms with Gasteiger partial charge in [0.2, 0.25) is 5.91 Å². The Kier molecular flexibility index (Phi) is 6.18. The Morgan fingerprint density at radius 1 is 1.18 bits per heavy atom.